The Balaban J connectivity index is 1.88. The van der Waals surface area contributed by atoms with E-state index in [9.17, 15) is 22.8 Å². The van der Waals surface area contributed by atoms with Crippen LogP contribution in [0.4, 0.5) is 0 Å². The number of amides is 3. The highest BCUT2D eigenvalue weighted by molar-refractivity contribution is 7.90. The molecule has 32 heavy (non-hydrogen) atoms. The maximum absolute atomic E-state index is 13.2. The largest absolute Gasteiger partial charge is 0.354 e. The summed E-state index contributed by atoms with van der Waals surface area (Å²) < 4.78 is 26.2. The molecular weight excluding hydrogens is 454 g/mol. The third-order valence-corrected chi connectivity index (χ3v) is 7.17. The zero-order chi connectivity index (χ0) is 23.5. The van der Waals surface area contributed by atoms with Crippen molar-refractivity contribution in [3.8, 4) is 0 Å². The molecule has 1 N–H and O–H groups in total. The van der Waals surface area contributed by atoms with Crippen LogP contribution in [0, 0.1) is 0 Å². The summed E-state index contributed by atoms with van der Waals surface area (Å²) in [7, 11) is -4.15. The molecule has 3 amide bonds. The van der Waals surface area contributed by atoms with Crippen LogP contribution in [0.15, 0.2) is 53.4 Å². The topological polar surface area (TPSA) is 104 Å². The van der Waals surface area contributed by atoms with Crippen LogP contribution in [0.1, 0.15) is 36.2 Å². The molecule has 0 bridgehead atoms. The van der Waals surface area contributed by atoms with Gasteiger partial charge in [0.05, 0.1) is 5.56 Å². The number of carbonyl (C=O) groups is 3. The van der Waals surface area contributed by atoms with Gasteiger partial charge in [0.25, 0.3) is 15.9 Å². The SMILES string of the molecule is CCCNC(=O)C(C)N(Cc1cccc(Cl)c1)C(=O)CN1C(=O)c2ccccc2S1(=O)=O. The van der Waals surface area contributed by atoms with Gasteiger partial charge in [-0.15, -0.1) is 0 Å². The summed E-state index contributed by atoms with van der Waals surface area (Å²) in [5, 5.41) is 3.20. The second-order valence-corrected chi connectivity index (χ2v) is 9.70. The zero-order valence-corrected chi connectivity index (χ0v) is 19.3. The number of rotatable bonds is 8. The van der Waals surface area contributed by atoms with Crippen molar-refractivity contribution in [1.29, 1.82) is 0 Å². The van der Waals surface area contributed by atoms with Gasteiger partial charge in [0.2, 0.25) is 11.8 Å². The Hall–Kier alpha value is -2.91. The maximum Gasteiger partial charge on any atom is 0.269 e. The lowest BCUT2D eigenvalue weighted by Crippen LogP contribution is -2.51. The number of sulfonamides is 1. The average molecular weight is 478 g/mol. The quantitative estimate of drug-likeness (QED) is 0.628. The van der Waals surface area contributed by atoms with Gasteiger partial charge < -0.3 is 10.2 Å². The molecule has 1 aliphatic heterocycles. The summed E-state index contributed by atoms with van der Waals surface area (Å²) in [6, 6.07) is 11.7. The number of nitrogens with zero attached hydrogens (tertiary/aromatic N) is 2. The lowest BCUT2D eigenvalue weighted by atomic mass is 10.1. The minimum absolute atomic E-state index is 0.0229. The summed E-state index contributed by atoms with van der Waals surface area (Å²) in [6.45, 7) is 3.22. The van der Waals surface area contributed by atoms with Crippen LogP contribution in [0.25, 0.3) is 0 Å². The van der Waals surface area contributed by atoms with Gasteiger partial charge in [0, 0.05) is 18.1 Å². The van der Waals surface area contributed by atoms with Gasteiger partial charge in [-0.3, -0.25) is 14.4 Å². The van der Waals surface area contributed by atoms with Crippen LogP contribution >= 0.6 is 11.6 Å². The maximum atomic E-state index is 13.2. The van der Waals surface area contributed by atoms with Crippen LogP contribution in [0.3, 0.4) is 0 Å². The highest BCUT2D eigenvalue weighted by atomic mass is 35.5. The van der Waals surface area contributed by atoms with Crippen molar-refractivity contribution < 1.29 is 22.8 Å². The molecule has 0 radical (unpaired) electrons. The number of benzene rings is 2. The average Bonchev–Trinajstić information content (AvgIpc) is 2.96. The summed E-state index contributed by atoms with van der Waals surface area (Å²) in [4.78, 5) is 39.6. The first-order valence-corrected chi connectivity index (χ1v) is 12.0. The summed E-state index contributed by atoms with van der Waals surface area (Å²) in [5.41, 5.74) is 0.690. The molecule has 8 nitrogen and oxygen atoms in total. The Morgan fingerprint density at radius 3 is 2.53 bits per heavy atom. The molecule has 1 heterocycles. The molecule has 1 aliphatic rings. The summed E-state index contributed by atoms with van der Waals surface area (Å²) >= 11 is 6.05. The van der Waals surface area contributed by atoms with Crippen molar-refractivity contribution in [3.05, 3.63) is 64.7 Å². The monoisotopic (exact) mass is 477 g/mol. The Morgan fingerprint density at radius 2 is 1.88 bits per heavy atom. The highest BCUT2D eigenvalue weighted by Crippen LogP contribution is 2.30. The Bertz CT molecular complexity index is 1150. The number of carbonyl (C=O) groups excluding carboxylic acids is 3. The van der Waals surface area contributed by atoms with E-state index in [1.807, 2.05) is 6.92 Å². The minimum atomic E-state index is -4.15. The van der Waals surface area contributed by atoms with E-state index in [-0.39, 0.29) is 22.9 Å². The molecule has 0 fully saturated rings. The van der Waals surface area contributed by atoms with Crippen LogP contribution in [0.5, 0.6) is 0 Å². The van der Waals surface area contributed by atoms with E-state index in [1.54, 1.807) is 37.3 Å². The van der Waals surface area contributed by atoms with Crippen molar-refractivity contribution in [2.45, 2.75) is 37.8 Å². The Labute approximate surface area is 192 Å². The molecule has 10 heteroatoms. The molecule has 0 saturated carbocycles. The van der Waals surface area contributed by atoms with E-state index in [0.29, 0.717) is 21.4 Å². The molecule has 0 aliphatic carbocycles. The van der Waals surface area contributed by atoms with Crippen LogP contribution in [-0.2, 0) is 26.2 Å². The minimum Gasteiger partial charge on any atom is -0.354 e. The fourth-order valence-electron chi connectivity index (χ4n) is 3.41. The third-order valence-electron chi connectivity index (χ3n) is 5.15. The normalized spacial score (nSPS) is 15.2. The van der Waals surface area contributed by atoms with E-state index in [2.05, 4.69) is 5.32 Å². The van der Waals surface area contributed by atoms with Gasteiger partial charge >= 0.3 is 0 Å². The number of halogens is 1. The first-order valence-electron chi connectivity index (χ1n) is 10.1. The lowest BCUT2D eigenvalue weighted by Gasteiger charge is -2.30. The molecule has 1 unspecified atom stereocenters. The van der Waals surface area contributed by atoms with E-state index >= 15 is 0 Å². The number of fused-ring (bicyclic) bond motifs is 1. The van der Waals surface area contributed by atoms with Gasteiger partial charge in [-0.2, -0.15) is 0 Å². The van der Waals surface area contributed by atoms with Gasteiger partial charge in [-0.25, -0.2) is 12.7 Å². The van der Waals surface area contributed by atoms with Crippen molar-refractivity contribution in [2.75, 3.05) is 13.1 Å². The third kappa shape index (κ3) is 4.78. The molecule has 0 saturated heterocycles. The van der Waals surface area contributed by atoms with E-state index in [4.69, 9.17) is 11.6 Å². The molecule has 170 valence electrons. The fraction of sp³-hybridized carbons (Fsp3) is 0.318. The highest BCUT2D eigenvalue weighted by Gasteiger charge is 2.43. The summed E-state index contributed by atoms with van der Waals surface area (Å²) in [6.07, 6.45) is 0.722. The van der Waals surface area contributed by atoms with E-state index in [0.717, 1.165) is 6.42 Å². The number of nitrogens with one attached hydrogen (secondary N) is 1. The predicted molar refractivity (Wildman–Crippen MR) is 119 cm³/mol. The van der Waals surface area contributed by atoms with Gasteiger partial charge in [-0.05, 0) is 43.2 Å². The molecular formula is C22H24ClN3O5S. The first-order chi connectivity index (χ1) is 15.2. The molecule has 2 aromatic rings. The summed E-state index contributed by atoms with van der Waals surface area (Å²) in [5.74, 6) is -1.81. The van der Waals surface area contributed by atoms with Crippen molar-refractivity contribution in [1.82, 2.24) is 14.5 Å². The molecule has 0 aromatic heterocycles. The van der Waals surface area contributed by atoms with Crippen molar-refractivity contribution >= 4 is 39.3 Å². The van der Waals surface area contributed by atoms with Crippen LogP contribution in [0.2, 0.25) is 5.02 Å². The Morgan fingerprint density at radius 1 is 1.16 bits per heavy atom. The number of hydrogen-bond acceptors (Lipinski definition) is 5. The van der Waals surface area contributed by atoms with Gasteiger partial charge in [0.15, 0.2) is 0 Å². The van der Waals surface area contributed by atoms with Gasteiger partial charge in [0.1, 0.15) is 17.5 Å². The first kappa shape index (κ1) is 23.7. The zero-order valence-electron chi connectivity index (χ0n) is 17.7. The van der Waals surface area contributed by atoms with Crippen LogP contribution < -0.4 is 5.32 Å². The van der Waals surface area contributed by atoms with Crippen LogP contribution in [-0.4, -0.2) is 54.5 Å². The lowest BCUT2D eigenvalue weighted by molar-refractivity contribution is -0.140. The molecule has 0 spiro atoms. The standard InChI is InChI=1S/C22H24ClN3O5S/c1-3-11-24-21(28)15(2)25(13-16-7-6-8-17(23)12-16)20(27)14-26-22(29)18-9-4-5-10-19(18)32(26,30)31/h4-10,12,15H,3,11,13-14H2,1-2H3,(H,24,28). The number of hydrogen-bond donors (Lipinski definition) is 1. The van der Waals surface area contributed by atoms with E-state index < -0.39 is 34.4 Å². The smallest absolute Gasteiger partial charge is 0.269 e. The van der Waals surface area contributed by atoms with Gasteiger partial charge in [-0.1, -0.05) is 42.8 Å². The van der Waals surface area contributed by atoms with E-state index in [1.165, 1.54) is 23.1 Å². The second-order valence-electron chi connectivity index (χ2n) is 7.43. The molecule has 2 aromatic carbocycles. The molecule has 1 atom stereocenters. The molecule has 3 rings (SSSR count). The fourth-order valence-corrected chi connectivity index (χ4v) is 5.14. The van der Waals surface area contributed by atoms with Crippen molar-refractivity contribution in [2.24, 2.45) is 0 Å². The Kier molecular flexibility index (Phi) is 7.20. The second kappa shape index (κ2) is 9.70. The predicted octanol–water partition coefficient (Wildman–Crippen LogP) is 2.43. The van der Waals surface area contributed by atoms with Crippen molar-refractivity contribution in [3.63, 3.8) is 0 Å².